The lowest BCUT2D eigenvalue weighted by Gasteiger charge is -2.36. The smallest absolute Gasteiger partial charge is 0.129 e. The van der Waals surface area contributed by atoms with Crippen LogP contribution < -0.4 is 10.6 Å². The highest BCUT2D eigenvalue weighted by Gasteiger charge is 2.22. The van der Waals surface area contributed by atoms with Crippen LogP contribution in [0.5, 0.6) is 0 Å². The van der Waals surface area contributed by atoms with Crippen LogP contribution in [0.2, 0.25) is 5.02 Å². The van der Waals surface area contributed by atoms with E-state index in [2.05, 4.69) is 37.2 Å². The molecule has 0 fully saturated rings. The molecule has 0 spiro atoms. The van der Waals surface area contributed by atoms with Gasteiger partial charge in [-0.05, 0) is 32.9 Å². The molecule has 17 heavy (non-hydrogen) atoms. The highest BCUT2D eigenvalue weighted by atomic mass is 35.5. The summed E-state index contributed by atoms with van der Waals surface area (Å²) >= 11 is 6.01. The Hall–Kier alpha value is -1.06. The standard InChI is InChI=1S/C13H20ClN3/c1-5-8-17(13(2,3)4)12-7-6-10(14)11(9-15)16-12/h5-7H,1,8-9,15H2,2-4H3. The number of pyridine rings is 1. The molecule has 1 heterocycles. The fraction of sp³-hybridized carbons (Fsp3) is 0.462. The maximum Gasteiger partial charge on any atom is 0.129 e. The van der Waals surface area contributed by atoms with E-state index < -0.39 is 0 Å². The molecular weight excluding hydrogens is 234 g/mol. The van der Waals surface area contributed by atoms with Crippen LogP contribution in [0.15, 0.2) is 24.8 Å². The lowest BCUT2D eigenvalue weighted by atomic mass is 10.1. The molecule has 94 valence electrons. The summed E-state index contributed by atoms with van der Waals surface area (Å²) in [4.78, 5) is 6.66. The SMILES string of the molecule is C=CCN(c1ccc(Cl)c(CN)n1)C(C)(C)C. The van der Waals surface area contributed by atoms with Crippen molar-refractivity contribution in [2.75, 3.05) is 11.4 Å². The van der Waals surface area contributed by atoms with E-state index in [0.29, 0.717) is 11.6 Å². The number of hydrogen-bond acceptors (Lipinski definition) is 3. The Balaban J connectivity index is 3.15. The fourth-order valence-electron chi connectivity index (χ4n) is 1.61. The Morgan fingerprint density at radius 2 is 2.12 bits per heavy atom. The van der Waals surface area contributed by atoms with E-state index in [0.717, 1.165) is 18.1 Å². The summed E-state index contributed by atoms with van der Waals surface area (Å²) in [5.41, 5.74) is 6.31. The first-order chi connectivity index (χ1) is 7.90. The molecule has 0 saturated heterocycles. The first kappa shape index (κ1) is 14.0. The molecule has 2 N–H and O–H groups in total. The van der Waals surface area contributed by atoms with Gasteiger partial charge in [0.15, 0.2) is 0 Å². The molecule has 0 aliphatic rings. The largest absolute Gasteiger partial charge is 0.348 e. The van der Waals surface area contributed by atoms with Crippen LogP contribution in [0.4, 0.5) is 5.82 Å². The van der Waals surface area contributed by atoms with E-state index in [1.165, 1.54) is 0 Å². The number of halogens is 1. The van der Waals surface area contributed by atoms with Crippen LogP contribution in [0.3, 0.4) is 0 Å². The molecule has 0 amide bonds. The molecule has 0 saturated carbocycles. The van der Waals surface area contributed by atoms with Crippen molar-refractivity contribution in [3.05, 3.63) is 35.5 Å². The minimum absolute atomic E-state index is 0.0269. The lowest BCUT2D eigenvalue weighted by molar-refractivity contribution is 0.517. The summed E-state index contributed by atoms with van der Waals surface area (Å²) in [6, 6.07) is 3.75. The van der Waals surface area contributed by atoms with E-state index in [9.17, 15) is 0 Å². The van der Waals surface area contributed by atoms with E-state index in [4.69, 9.17) is 17.3 Å². The first-order valence-electron chi connectivity index (χ1n) is 5.64. The lowest BCUT2D eigenvalue weighted by Crippen LogP contribution is -2.42. The van der Waals surface area contributed by atoms with Crippen LogP contribution in [-0.2, 0) is 6.54 Å². The van der Waals surface area contributed by atoms with Gasteiger partial charge in [-0.15, -0.1) is 6.58 Å². The van der Waals surface area contributed by atoms with Crippen LogP contribution in [0.25, 0.3) is 0 Å². The number of nitrogens with zero attached hydrogens (tertiary/aromatic N) is 2. The predicted octanol–water partition coefficient (Wildman–Crippen LogP) is 2.98. The molecule has 0 unspecified atom stereocenters. The molecule has 0 atom stereocenters. The fourth-order valence-corrected chi connectivity index (χ4v) is 1.79. The third-order valence-electron chi connectivity index (χ3n) is 2.50. The number of nitrogens with two attached hydrogens (primary N) is 1. The van der Waals surface area contributed by atoms with Crippen molar-refractivity contribution < 1.29 is 0 Å². The summed E-state index contributed by atoms with van der Waals surface area (Å²) in [5, 5.41) is 0.615. The third kappa shape index (κ3) is 3.45. The second-order valence-electron chi connectivity index (χ2n) is 4.87. The van der Waals surface area contributed by atoms with Gasteiger partial charge in [-0.2, -0.15) is 0 Å². The predicted molar refractivity (Wildman–Crippen MR) is 74.4 cm³/mol. The maximum absolute atomic E-state index is 6.01. The molecule has 3 nitrogen and oxygen atoms in total. The molecule has 1 rings (SSSR count). The zero-order valence-corrected chi connectivity index (χ0v) is 11.5. The van der Waals surface area contributed by atoms with Gasteiger partial charge in [-0.3, -0.25) is 0 Å². The minimum Gasteiger partial charge on any atom is -0.348 e. The quantitative estimate of drug-likeness (QED) is 0.839. The summed E-state index contributed by atoms with van der Waals surface area (Å²) in [6.45, 7) is 11.3. The molecule has 0 aromatic carbocycles. The van der Waals surface area contributed by atoms with Crippen LogP contribution >= 0.6 is 11.6 Å². The molecule has 0 aliphatic heterocycles. The monoisotopic (exact) mass is 253 g/mol. The molecular formula is C13H20ClN3. The van der Waals surface area contributed by atoms with Crippen molar-refractivity contribution in [2.45, 2.75) is 32.9 Å². The van der Waals surface area contributed by atoms with Crippen molar-refractivity contribution in [3.8, 4) is 0 Å². The van der Waals surface area contributed by atoms with Crippen LogP contribution in [0.1, 0.15) is 26.5 Å². The number of rotatable bonds is 4. The van der Waals surface area contributed by atoms with E-state index >= 15 is 0 Å². The van der Waals surface area contributed by atoms with Gasteiger partial charge in [0.2, 0.25) is 0 Å². The topological polar surface area (TPSA) is 42.1 Å². The highest BCUT2D eigenvalue weighted by Crippen LogP contribution is 2.24. The van der Waals surface area contributed by atoms with Crippen molar-refractivity contribution in [2.24, 2.45) is 5.73 Å². The van der Waals surface area contributed by atoms with Gasteiger partial charge in [-0.25, -0.2) is 4.98 Å². The van der Waals surface area contributed by atoms with Crippen LogP contribution in [0, 0.1) is 0 Å². The molecule has 0 aliphatic carbocycles. The number of hydrogen-bond donors (Lipinski definition) is 1. The zero-order chi connectivity index (χ0) is 13.1. The van der Waals surface area contributed by atoms with Gasteiger partial charge in [0.25, 0.3) is 0 Å². The second kappa shape index (κ2) is 5.52. The molecule has 0 bridgehead atoms. The Kier molecular flexibility index (Phi) is 4.54. The third-order valence-corrected chi connectivity index (χ3v) is 2.84. The van der Waals surface area contributed by atoms with Gasteiger partial charge < -0.3 is 10.6 Å². The minimum atomic E-state index is -0.0269. The Morgan fingerprint density at radius 1 is 1.47 bits per heavy atom. The van der Waals surface area contributed by atoms with E-state index in [-0.39, 0.29) is 5.54 Å². The Morgan fingerprint density at radius 3 is 2.59 bits per heavy atom. The second-order valence-corrected chi connectivity index (χ2v) is 5.28. The van der Waals surface area contributed by atoms with Crippen molar-refractivity contribution in [1.29, 1.82) is 0 Å². The van der Waals surface area contributed by atoms with Crippen molar-refractivity contribution >= 4 is 17.4 Å². The normalized spacial score (nSPS) is 11.4. The molecule has 0 radical (unpaired) electrons. The van der Waals surface area contributed by atoms with Gasteiger partial charge >= 0.3 is 0 Å². The average molecular weight is 254 g/mol. The van der Waals surface area contributed by atoms with Crippen molar-refractivity contribution in [1.82, 2.24) is 4.98 Å². The van der Waals surface area contributed by atoms with Crippen molar-refractivity contribution in [3.63, 3.8) is 0 Å². The van der Waals surface area contributed by atoms with E-state index in [1.807, 2.05) is 18.2 Å². The molecule has 4 heteroatoms. The Labute approximate surface area is 108 Å². The first-order valence-corrected chi connectivity index (χ1v) is 6.02. The van der Waals surface area contributed by atoms with Gasteiger partial charge in [0.1, 0.15) is 5.82 Å². The summed E-state index contributed by atoms with van der Waals surface area (Å²) < 4.78 is 0. The zero-order valence-electron chi connectivity index (χ0n) is 10.7. The number of anilines is 1. The summed E-state index contributed by atoms with van der Waals surface area (Å²) in [7, 11) is 0. The van der Waals surface area contributed by atoms with Gasteiger partial charge in [-0.1, -0.05) is 17.7 Å². The summed E-state index contributed by atoms with van der Waals surface area (Å²) in [6.07, 6.45) is 1.86. The maximum atomic E-state index is 6.01. The van der Waals surface area contributed by atoms with Gasteiger partial charge in [0.05, 0.1) is 10.7 Å². The van der Waals surface area contributed by atoms with E-state index in [1.54, 1.807) is 0 Å². The highest BCUT2D eigenvalue weighted by molar-refractivity contribution is 6.31. The average Bonchev–Trinajstić information content (AvgIpc) is 2.25. The molecule has 1 aromatic heterocycles. The number of aromatic nitrogens is 1. The summed E-state index contributed by atoms with van der Waals surface area (Å²) in [5.74, 6) is 0.877. The molecule has 1 aromatic rings. The van der Waals surface area contributed by atoms with Crippen LogP contribution in [-0.4, -0.2) is 17.1 Å². The van der Waals surface area contributed by atoms with Gasteiger partial charge in [0, 0.05) is 18.6 Å². The Bertz CT molecular complexity index is 396.